The van der Waals surface area contributed by atoms with Crippen molar-refractivity contribution in [3.8, 4) is 5.75 Å². The maximum absolute atomic E-state index is 9.10. The lowest BCUT2D eigenvalue weighted by atomic mass is 9.96. The van der Waals surface area contributed by atoms with Crippen molar-refractivity contribution in [3.05, 3.63) is 12.4 Å². The van der Waals surface area contributed by atoms with Crippen molar-refractivity contribution < 1.29 is 24.5 Å². The van der Waals surface area contributed by atoms with Crippen LogP contribution < -0.4 is 4.74 Å². The Kier molecular flexibility index (Phi) is 8.57. The van der Waals surface area contributed by atoms with Crippen LogP contribution in [0.3, 0.4) is 0 Å². The fourth-order valence-electron chi connectivity index (χ4n) is 3.68. The van der Waals surface area contributed by atoms with E-state index in [1.54, 1.807) is 0 Å². The molecule has 152 valence electrons. The Morgan fingerprint density at radius 2 is 1.78 bits per heavy atom. The van der Waals surface area contributed by atoms with Gasteiger partial charge >= 0.3 is 11.9 Å². The van der Waals surface area contributed by atoms with Gasteiger partial charge < -0.3 is 14.9 Å². The number of hydrogen-bond donors (Lipinski definition) is 2. The molecular formula is C19H31N3O5. The van der Waals surface area contributed by atoms with Crippen LogP contribution in [0.25, 0.3) is 0 Å². The van der Waals surface area contributed by atoms with Gasteiger partial charge in [-0.15, -0.1) is 0 Å². The molecule has 1 aromatic rings. The summed E-state index contributed by atoms with van der Waals surface area (Å²) in [7, 11) is 0. The maximum atomic E-state index is 9.10. The lowest BCUT2D eigenvalue weighted by Gasteiger charge is -2.27. The topological polar surface area (TPSA) is 105 Å². The van der Waals surface area contributed by atoms with Gasteiger partial charge in [-0.3, -0.25) is 9.58 Å². The molecule has 8 heteroatoms. The molecule has 1 saturated carbocycles. The van der Waals surface area contributed by atoms with E-state index >= 15 is 0 Å². The van der Waals surface area contributed by atoms with Crippen LogP contribution in [0.1, 0.15) is 70.8 Å². The SMILES string of the molecule is CCCC(Oc1cnn(C2CCCCC2)c1)N1CCCC1.O=C(O)C(=O)O. The summed E-state index contributed by atoms with van der Waals surface area (Å²) >= 11 is 0. The smallest absolute Gasteiger partial charge is 0.414 e. The van der Waals surface area contributed by atoms with E-state index in [9.17, 15) is 0 Å². The van der Waals surface area contributed by atoms with E-state index in [1.165, 1.54) is 58.0 Å². The summed E-state index contributed by atoms with van der Waals surface area (Å²) < 4.78 is 8.39. The molecular weight excluding hydrogens is 350 g/mol. The number of ether oxygens (including phenoxy) is 1. The first-order valence-corrected chi connectivity index (χ1v) is 9.92. The van der Waals surface area contributed by atoms with E-state index in [1.807, 2.05) is 6.20 Å². The summed E-state index contributed by atoms with van der Waals surface area (Å²) in [5.74, 6) is -2.70. The first-order valence-electron chi connectivity index (χ1n) is 9.92. The molecule has 0 radical (unpaired) electrons. The zero-order chi connectivity index (χ0) is 19.6. The number of hydrogen-bond acceptors (Lipinski definition) is 5. The number of aromatic nitrogens is 2. The zero-order valence-corrected chi connectivity index (χ0v) is 16.0. The van der Waals surface area contributed by atoms with Crippen LogP contribution >= 0.6 is 0 Å². The Morgan fingerprint density at radius 1 is 1.15 bits per heavy atom. The number of likely N-dealkylation sites (tertiary alicyclic amines) is 1. The lowest BCUT2D eigenvalue weighted by molar-refractivity contribution is -0.159. The summed E-state index contributed by atoms with van der Waals surface area (Å²) in [6, 6.07) is 0.590. The maximum Gasteiger partial charge on any atom is 0.414 e. The van der Waals surface area contributed by atoms with Crippen molar-refractivity contribution in [2.45, 2.75) is 77.0 Å². The molecule has 3 rings (SSSR count). The highest BCUT2D eigenvalue weighted by molar-refractivity contribution is 6.27. The fourth-order valence-corrected chi connectivity index (χ4v) is 3.68. The number of nitrogens with zero attached hydrogens (tertiary/aromatic N) is 3. The third-order valence-electron chi connectivity index (χ3n) is 5.07. The molecule has 1 atom stereocenters. The van der Waals surface area contributed by atoms with Crippen molar-refractivity contribution in [3.63, 3.8) is 0 Å². The standard InChI is InChI=1S/C17H29N3O.C2H2O4/c1-2-8-17(19-11-6-7-12-19)21-16-13-18-20(14-16)15-9-4-3-5-10-15;3-1(4)2(5)6/h13-15,17H,2-12H2,1H3;(H,3,4)(H,5,6). The molecule has 2 aliphatic rings. The minimum absolute atomic E-state index is 0.238. The summed E-state index contributed by atoms with van der Waals surface area (Å²) in [6.07, 6.45) is 15.8. The quantitative estimate of drug-likeness (QED) is 0.729. The second-order valence-corrected chi connectivity index (χ2v) is 7.16. The first-order chi connectivity index (χ1) is 13.0. The van der Waals surface area contributed by atoms with Crippen LogP contribution in [0.4, 0.5) is 0 Å². The van der Waals surface area contributed by atoms with E-state index in [0.717, 1.165) is 18.6 Å². The van der Waals surface area contributed by atoms with Crippen LogP contribution in [0.5, 0.6) is 5.75 Å². The van der Waals surface area contributed by atoms with Gasteiger partial charge in [0.1, 0.15) is 0 Å². The summed E-state index contributed by atoms with van der Waals surface area (Å²) in [4.78, 5) is 20.7. The number of aliphatic carboxylic acids is 2. The van der Waals surface area contributed by atoms with Gasteiger partial charge in [-0.2, -0.15) is 5.10 Å². The van der Waals surface area contributed by atoms with Gasteiger partial charge in [-0.25, -0.2) is 9.59 Å². The Morgan fingerprint density at radius 3 is 2.33 bits per heavy atom. The van der Waals surface area contributed by atoms with Crippen molar-refractivity contribution in [1.82, 2.24) is 14.7 Å². The number of rotatable bonds is 6. The third kappa shape index (κ3) is 6.86. The highest BCUT2D eigenvalue weighted by Gasteiger charge is 2.23. The Bertz CT molecular complexity index is 580. The minimum Gasteiger partial charge on any atom is -0.473 e. The second-order valence-electron chi connectivity index (χ2n) is 7.16. The van der Waals surface area contributed by atoms with Gasteiger partial charge in [0.2, 0.25) is 0 Å². The number of carbonyl (C=O) groups is 2. The molecule has 27 heavy (non-hydrogen) atoms. The van der Waals surface area contributed by atoms with Crippen LogP contribution in [-0.4, -0.2) is 56.1 Å². The van der Waals surface area contributed by atoms with Gasteiger partial charge in [0.05, 0.1) is 18.4 Å². The zero-order valence-electron chi connectivity index (χ0n) is 16.0. The molecule has 2 fully saturated rings. The predicted molar refractivity (Wildman–Crippen MR) is 99.8 cm³/mol. The minimum atomic E-state index is -1.82. The van der Waals surface area contributed by atoms with Gasteiger partial charge in [-0.05, 0) is 32.1 Å². The predicted octanol–water partition coefficient (Wildman–Crippen LogP) is 3.14. The monoisotopic (exact) mass is 381 g/mol. The normalized spacial score (nSPS) is 19.1. The van der Waals surface area contributed by atoms with Crippen molar-refractivity contribution in [2.24, 2.45) is 0 Å². The number of carboxylic acids is 2. The average molecular weight is 381 g/mol. The van der Waals surface area contributed by atoms with Gasteiger partial charge in [0.25, 0.3) is 0 Å². The van der Waals surface area contributed by atoms with Gasteiger partial charge in [-0.1, -0.05) is 32.6 Å². The molecule has 2 heterocycles. The Balaban J connectivity index is 0.000000380. The summed E-state index contributed by atoms with van der Waals surface area (Å²) in [6.45, 7) is 4.60. The molecule has 0 aromatic carbocycles. The van der Waals surface area contributed by atoms with Crippen molar-refractivity contribution in [2.75, 3.05) is 13.1 Å². The average Bonchev–Trinajstić information content (AvgIpc) is 3.35. The fraction of sp³-hybridized carbons (Fsp3) is 0.737. The third-order valence-corrected chi connectivity index (χ3v) is 5.07. The highest BCUT2D eigenvalue weighted by atomic mass is 16.5. The molecule has 1 aromatic heterocycles. The molecule has 8 nitrogen and oxygen atoms in total. The highest BCUT2D eigenvalue weighted by Crippen LogP contribution is 2.29. The molecule has 0 bridgehead atoms. The summed E-state index contributed by atoms with van der Waals surface area (Å²) in [5.41, 5.74) is 0. The first kappa shape index (κ1) is 21.2. The van der Waals surface area contributed by atoms with E-state index in [-0.39, 0.29) is 6.23 Å². The molecule has 2 N–H and O–H groups in total. The molecule has 1 unspecified atom stereocenters. The van der Waals surface area contributed by atoms with E-state index in [0.29, 0.717) is 6.04 Å². The van der Waals surface area contributed by atoms with Crippen LogP contribution in [-0.2, 0) is 9.59 Å². The Hall–Kier alpha value is -2.09. The lowest BCUT2D eigenvalue weighted by Crippen LogP contribution is -2.37. The van der Waals surface area contributed by atoms with Gasteiger partial charge in [0.15, 0.2) is 12.0 Å². The molecule has 1 aliphatic heterocycles. The molecule has 0 amide bonds. The molecule has 1 saturated heterocycles. The summed E-state index contributed by atoms with van der Waals surface area (Å²) in [5, 5.41) is 19.3. The van der Waals surface area contributed by atoms with Crippen molar-refractivity contribution in [1.29, 1.82) is 0 Å². The van der Waals surface area contributed by atoms with E-state index < -0.39 is 11.9 Å². The Labute approximate surface area is 160 Å². The molecule has 0 spiro atoms. The second kappa shape index (κ2) is 10.9. The number of carboxylic acid groups (broad SMARTS) is 2. The largest absolute Gasteiger partial charge is 0.473 e. The van der Waals surface area contributed by atoms with Crippen LogP contribution in [0, 0.1) is 0 Å². The van der Waals surface area contributed by atoms with E-state index in [4.69, 9.17) is 24.5 Å². The van der Waals surface area contributed by atoms with Gasteiger partial charge in [0, 0.05) is 13.1 Å². The van der Waals surface area contributed by atoms with Crippen LogP contribution in [0.2, 0.25) is 0 Å². The van der Waals surface area contributed by atoms with Crippen LogP contribution in [0.15, 0.2) is 12.4 Å². The van der Waals surface area contributed by atoms with Crippen molar-refractivity contribution >= 4 is 11.9 Å². The molecule has 1 aliphatic carbocycles. The van der Waals surface area contributed by atoms with E-state index in [2.05, 4.69) is 27.8 Å².